The number of nitrogens with two attached hydrogens (primary N) is 1. The van der Waals surface area contributed by atoms with Crippen LogP contribution in [-0.2, 0) is 0 Å². The van der Waals surface area contributed by atoms with Gasteiger partial charge in [0.25, 0.3) is 0 Å². The largest absolute Gasteiger partial charge is 0.292 e. The first kappa shape index (κ1) is 12.3. The molecule has 0 aromatic carbocycles. The van der Waals surface area contributed by atoms with Crippen molar-refractivity contribution in [2.45, 2.75) is 38.0 Å². The number of nitrogen functional groups attached to an aromatic ring is 1. The second-order valence-corrected chi connectivity index (χ2v) is 5.26. The molecule has 0 bridgehead atoms. The number of aromatic nitrogens is 2. The Kier molecular flexibility index (Phi) is 4.35. The van der Waals surface area contributed by atoms with Crippen LogP contribution in [0.3, 0.4) is 0 Å². The molecule has 4 nitrogen and oxygen atoms in total. The van der Waals surface area contributed by atoms with Crippen LogP contribution in [0, 0.1) is 12.8 Å². The van der Waals surface area contributed by atoms with Gasteiger partial charge in [0.15, 0.2) is 0 Å². The van der Waals surface area contributed by atoms with Gasteiger partial charge in [0.05, 0.1) is 0 Å². The molecule has 3 N–H and O–H groups in total. The first-order valence-electron chi connectivity index (χ1n) is 5.01. The van der Waals surface area contributed by atoms with Crippen molar-refractivity contribution in [3.63, 3.8) is 0 Å². The monoisotopic (exact) mass is 226 g/mol. The van der Waals surface area contributed by atoms with Crippen molar-refractivity contribution in [2.75, 3.05) is 5.43 Å². The molecule has 0 aliphatic heterocycles. The van der Waals surface area contributed by atoms with Gasteiger partial charge in [-0.3, -0.25) is 5.43 Å². The molecule has 1 unspecified atom stereocenters. The standard InChI is InChI=1S/C10H18N4S/c1-6(2)8(4)15-9-7(3)5-12-10(13-9)14-11/h5-6,8H,11H2,1-4H3,(H,12,13,14). The lowest BCUT2D eigenvalue weighted by atomic mass is 10.2. The second kappa shape index (κ2) is 5.32. The van der Waals surface area contributed by atoms with Crippen LogP contribution in [0.1, 0.15) is 26.3 Å². The Morgan fingerprint density at radius 2 is 2.07 bits per heavy atom. The van der Waals surface area contributed by atoms with Gasteiger partial charge in [-0.05, 0) is 18.4 Å². The van der Waals surface area contributed by atoms with Crippen molar-refractivity contribution in [1.82, 2.24) is 9.97 Å². The van der Waals surface area contributed by atoms with E-state index in [9.17, 15) is 0 Å². The lowest BCUT2D eigenvalue weighted by Gasteiger charge is -2.15. The van der Waals surface area contributed by atoms with E-state index in [0.717, 1.165) is 10.6 Å². The highest BCUT2D eigenvalue weighted by Gasteiger charge is 2.12. The molecule has 5 heteroatoms. The molecule has 0 fully saturated rings. The Morgan fingerprint density at radius 1 is 1.40 bits per heavy atom. The lowest BCUT2D eigenvalue weighted by molar-refractivity contribution is 0.641. The second-order valence-electron chi connectivity index (χ2n) is 3.89. The van der Waals surface area contributed by atoms with Crippen LogP contribution in [-0.4, -0.2) is 15.2 Å². The van der Waals surface area contributed by atoms with Gasteiger partial charge in [-0.2, -0.15) is 0 Å². The van der Waals surface area contributed by atoms with Gasteiger partial charge in [0.1, 0.15) is 5.03 Å². The minimum atomic E-state index is 0.471. The fraction of sp³-hybridized carbons (Fsp3) is 0.600. The van der Waals surface area contributed by atoms with E-state index in [1.165, 1.54) is 0 Å². The number of anilines is 1. The average molecular weight is 226 g/mol. The molecule has 1 atom stereocenters. The summed E-state index contributed by atoms with van der Waals surface area (Å²) >= 11 is 1.76. The van der Waals surface area contributed by atoms with Crippen LogP contribution in [0.15, 0.2) is 11.2 Å². The maximum absolute atomic E-state index is 5.28. The van der Waals surface area contributed by atoms with E-state index in [-0.39, 0.29) is 0 Å². The first-order valence-corrected chi connectivity index (χ1v) is 5.89. The van der Waals surface area contributed by atoms with E-state index < -0.39 is 0 Å². The van der Waals surface area contributed by atoms with Gasteiger partial charge in [0.2, 0.25) is 5.95 Å². The van der Waals surface area contributed by atoms with Gasteiger partial charge in [-0.1, -0.05) is 20.8 Å². The van der Waals surface area contributed by atoms with E-state index in [4.69, 9.17) is 5.84 Å². The van der Waals surface area contributed by atoms with Gasteiger partial charge >= 0.3 is 0 Å². The van der Waals surface area contributed by atoms with Crippen LogP contribution >= 0.6 is 11.8 Å². The van der Waals surface area contributed by atoms with Crippen LogP contribution in [0.25, 0.3) is 0 Å². The minimum Gasteiger partial charge on any atom is -0.292 e. The summed E-state index contributed by atoms with van der Waals surface area (Å²) in [5, 5.41) is 1.53. The molecule has 84 valence electrons. The third-order valence-corrected chi connectivity index (χ3v) is 3.84. The highest BCUT2D eigenvalue weighted by molar-refractivity contribution is 7.99. The van der Waals surface area contributed by atoms with Gasteiger partial charge in [-0.25, -0.2) is 15.8 Å². The number of nitrogens with one attached hydrogen (secondary N) is 1. The topological polar surface area (TPSA) is 63.8 Å². The highest BCUT2D eigenvalue weighted by Crippen LogP contribution is 2.28. The van der Waals surface area contributed by atoms with Gasteiger partial charge in [0, 0.05) is 11.4 Å². The average Bonchev–Trinajstić information content (AvgIpc) is 2.21. The highest BCUT2D eigenvalue weighted by atomic mass is 32.2. The third-order valence-electron chi connectivity index (χ3n) is 2.29. The molecule has 0 saturated carbocycles. The Bertz CT molecular complexity index is 327. The third kappa shape index (κ3) is 3.35. The van der Waals surface area contributed by atoms with Crippen molar-refractivity contribution in [1.29, 1.82) is 0 Å². The quantitative estimate of drug-likeness (QED) is 0.357. The number of hydrazine groups is 1. The number of nitrogens with zero attached hydrogens (tertiary/aromatic N) is 2. The molecular weight excluding hydrogens is 208 g/mol. The smallest absolute Gasteiger partial charge is 0.238 e. The molecule has 1 aromatic heterocycles. The molecule has 0 aliphatic carbocycles. The number of hydrogen-bond donors (Lipinski definition) is 2. The molecule has 1 rings (SSSR count). The zero-order valence-corrected chi connectivity index (χ0v) is 10.4. The van der Waals surface area contributed by atoms with Crippen molar-refractivity contribution in [3.05, 3.63) is 11.8 Å². The number of hydrogen-bond acceptors (Lipinski definition) is 5. The Balaban J connectivity index is 2.83. The zero-order chi connectivity index (χ0) is 11.4. The Hall–Kier alpha value is -0.810. The summed E-state index contributed by atoms with van der Waals surface area (Å²) in [6.45, 7) is 8.62. The van der Waals surface area contributed by atoms with Crippen molar-refractivity contribution in [3.8, 4) is 0 Å². The molecule has 0 aliphatic rings. The summed E-state index contributed by atoms with van der Waals surface area (Å²) in [7, 11) is 0. The first-order chi connectivity index (χ1) is 7.04. The molecule has 0 spiro atoms. The summed E-state index contributed by atoms with van der Waals surface area (Å²) in [6, 6.07) is 0. The fourth-order valence-corrected chi connectivity index (χ4v) is 1.93. The predicted octanol–water partition coefficient (Wildman–Crippen LogP) is 2.21. The lowest BCUT2D eigenvalue weighted by Crippen LogP contribution is -2.12. The van der Waals surface area contributed by atoms with E-state index in [2.05, 4.69) is 36.2 Å². The molecule has 1 aromatic rings. The Morgan fingerprint density at radius 3 is 2.60 bits per heavy atom. The number of thioether (sulfide) groups is 1. The molecule has 0 saturated heterocycles. The van der Waals surface area contributed by atoms with Gasteiger partial charge < -0.3 is 0 Å². The van der Waals surface area contributed by atoms with E-state index >= 15 is 0 Å². The van der Waals surface area contributed by atoms with Gasteiger partial charge in [-0.15, -0.1) is 11.8 Å². The molecule has 0 amide bonds. The zero-order valence-electron chi connectivity index (χ0n) is 9.61. The van der Waals surface area contributed by atoms with Crippen LogP contribution < -0.4 is 11.3 Å². The maximum Gasteiger partial charge on any atom is 0.238 e. The molecular formula is C10H18N4S. The molecule has 15 heavy (non-hydrogen) atoms. The summed E-state index contributed by atoms with van der Waals surface area (Å²) in [5.41, 5.74) is 3.55. The predicted molar refractivity (Wildman–Crippen MR) is 64.7 cm³/mol. The summed E-state index contributed by atoms with van der Waals surface area (Å²) < 4.78 is 0. The van der Waals surface area contributed by atoms with Crippen molar-refractivity contribution in [2.24, 2.45) is 11.8 Å². The van der Waals surface area contributed by atoms with Crippen LogP contribution in [0.4, 0.5) is 5.95 Å². The molecule has 1 heterocycles. The van der Waals surface area contributed by atoms with Crippen molar-refractivity contribution < 1.29 is 0 Å². The Labute approximate surface area is 95.0 Å². The normalized spacial score (nSPS) is 12.9. The summed E-state index contributed by atoms with van der Waals surface area (Å²) in [6.07, 6.45) is 1.79. The SMILES string of the molecule is Cc1cnc(NN)nc1SC(C)C(C)C. The van der Waals surface area contributed by atoms with Crippen LogP contribution in [0.2, 0.25) is 0 Å². The number of rotatable bonds is 4. The molecule has 0 radical (unpaired) electrons. The van der Waals surface area contributed by atoms with Crippen LogP contribution in [0.5, 0.6) is 0 Å². The fourth-order valence-electron chi connectivity index (χ4n) is 0.927. The summed E-state index contributed by atoms with van der Waals surface area (Å²) in [5.74, 6) is 6.37. The van der Waals surface area contributed by atoms with E-state index in [1.807, 2.05) is 6.92 Å². The van der Waals surface area contributed by atoms with E-state index in [1.54, 1.807) is 18.0 Å². The number of aryl methyl sites for hydroxylation is 1. The minimum absolute atomic E-state index is 0.471. The summed E-state index contributed by atoms with van der Waals surface area (Å²) in [4.78, 5) is 8.38. The van der Waals surface area contributed by atoms with Crippen molar-refractivity contribution >= 4 is 17.7 Å². The van der Waals surface area contributed by atoms with E-state index in [0.29, 0.717) is 17.1 Å². The maximum atomic E-state index is 5.28.